The van der Waals surface area contributed by atoms with Gasteiger partial charge in [0.15, 0.2) is 12.4 Å². The van der Waals surface area contributed by atoms with Crippen molar-refractivity contribution in [1.82, 2.24) is 4.98 Å². The maximum atomic E-state index is 8.54. The Hall–Kier alpha value is -1.50. The molecule has 0 atom stereocenters. The van der Waals surface area contributed by atoms with Gasteiger partial charge in [-0.05, 0) is 25.1 Å². The molecule has 0 saturated heterocycles. The van der Waals surface area contributed by atoms with Crippen LogP contribution in [0.3, 0.4) is 0 Å². The Labute approximate surface area is 109 Å². The van der Waals surface area contributed by atoms with Crippen molar-refractivity contribution < 1.29 is 4.74 Å². The Morgan fingerprint density at radius 1 is 1.35 bits per heavy atom. The number of aryl methyl sites for hydroxylation is 1. The van der Waals surface area contributed by atoms with Crippen molar-refractivity contribution in [3.8, 4) is 11.8 Å². The van der Waals surface area contributed by atoms with E-state index in [9.17, 15) is 0 Å². The van der Waals surface area contributed by atoms with Gasteiger partial charge < -0.3 is 4.74 Å². The summed E-state index contributed by atoms with van der Waals surface area (Å²) in [6.07, 6.45) is 0. The van der Waals surface area contributed by atoms with Gasteiger partial charge in [-0.15, -0.1) is 0 Å². The molecule has 1 aromatic heterocycles. The van der Waals surface area contributed by atoms with E-state index in [1.165, 1.54) is 0 Å². The molecule has 0 saturated carbocycles. The van der Waals surface area contributed by atoms with E-state index in [1.54, 1.807) is 6.07 Å². The first kappa shape index (κ1) is 12.0. The van der Waals surface area contributed by atoms with E-state index in [2.05, 4.69) is 4.98 Å². The molecule has 0 unspecified atom stereocenters. The first-order valence-corrected chi connectivity index (χ1v) is 5.64. The van der Waals surface area contributed by atoms with Crippen LogP contribution in [0.25, 0.3) is 10.9 Å². The third kappa shape index (κ3) is 2.28. The number of hydrogen-bond donors (Lipinski definition) is 0. The van der Waals surface area contributed by atoms with Crippen LogP contribution in [0, 0.1) is 18.3 Å². The minimum Gasteiger partial charge on any atom is -0.475 e. The lowest BCUT2D eigenvalue weighted by atomic mass is 10.2. The second kappa shape index (κ2) is 4.79. The lowest BCUT2D eigenvalue weighted by Crippen LogP contribution is -1.97. The van der Waals surface area contributed by atoms with Gasteiger partial charge in [-0.25, -0.2) is 4.98 Å². The van der Waals surface area contributed by atoms with Crippen LogP contribution in [0.2, 0.25) is 10.0 Å². The van der Waals surface area contributed by atoms with Crippen LogP contribution in [0.5, 0.6) is 5.75 Å². The Morgan fingerprint density at radius 3 is 2.82 bits per heavy atom. The van der Waals surface area contributed by atoms with Crippen molar-refractivity contribution in [3.05, 3.63) is 33.9 Å². The fourth-order valence-corrected chi connectivity index (χ4v) is 2.10. The third-order valence-corrected chi connectivity index (χ3v) is 2.85. The molecule has 1 aromatic carbocycles. The summed E-state index contributed by atoms with van der Waals surface area (Å²) in [5.74, 6) is 0.399. The Bertz CT molecular complexity index is 620. The summed E-state index contributed by atoms with van der Waals surface area (Å²) in [6.45, 7) is 1.79. The topological polar surface area (TPSA) is 45.9 Å². The fraction of sp³-hybridized carbons (Fsp3) is 0.167. The van der Waals surface area contributed by atoms with E-state index in [0.29, 0.717) is 21.3 Å². The molecule has 5 heteroatoms. The highest BCUT2D eigenvalue weighted by molar-refractivity contribution is 6.39. The maximum Gasteiger partial charge on any atom is 0.174 e. The minimum absolute atomic E-state index is 0.0773. The Morgan fingerprint density at radius 2 is 2.12 bits per heavy atom. The third-order valence-electron chi connectivity index (χ3n) is 2.26. The average molecular weight is 267 g/mol. The van der Waals surface area contributed by atoms with Gasteiger partial charge in [-0.1, -0.05) is 23.2 Å². The van der Waals surface area contributed by atoms with E-state index >= 15 is 0 Å². The van der Waals surface area contributed by atoms with Crippen LogP contribution in [0.4, 0.5) is 0 Å². The average Bonchev–Trinajstić information content (AvgIpc) is 2.28. The molecule has 0 amide bonds. The molecule has 86 valence electrons. The molecule has 0 aliphatic rings. The molecular weight excluding hydrogens is 259 g/mol. The molecule has 0 aliphatic carbocycles. The van der Waals surface area contributed by atoms with Gasteiger partial charge in [0, 0.05) is 11.1 Å². The number of hydrogen-bond acceptors (Lipinski definition) is 3. The standard InChI is InChI=1S/C12H8Cl2N2O/c1-7-2-3-8-9(13)6-10(14)12(11(8)16-7)17-5-4-15/h2-3,6H,5H2,1H3. The largest absolute Gasteiger partial charge is 0.475 e. The second-order valence-electron chi connectivity index (χ2n) is 3.46. The SMILES string of the molecule is Cc1ccc2c(Cl)cc(Cl)c(OCC#N)c2n1. The molecule has 0 N–H and O–H groups in total. The fourth-order valence-electron chi connectivity index (χ4n) is 1.53. The van der Waals surface area contributed by atoms with Crippen LogP contribution < -0.4 is 4.74 Å². The summed E-state index contributed by atoms with van der Waals surface area (Å²) in [5, 5.41) is 10.2. The molecule has 2 aromatic rings. The number of pyridine rings is 1. The molecule has 17 heavy (non-hydrogen) atoms. The van der Waals surface area contributed by atoms with Crippen molar-refractivity contribution in [2.24, 2.45) is 0 Å². The monoisotopic (exact) mass is 266 g/mol. The molecule has 1 heterocycles. The van der Waals surface area contributed by atoms with Gasteiger partial charge in [-0.2, -0.15) is 5.26 Å². The molecule has 3 nitrogen and oxygen atoms in total. The molecule has 0 fully saturated rings. The zero-order valence-electron chi connectivity index (χ0n) is 9.00. The molecule has 0 radical (unpaired) electrons. The number of halogens is 2. The van der Waals surface area contributed by atoms with Gasteiger partial charge in [0.05, 0.1) is 10.0 Å². The normalized spacial score (nSPS) is 10.2. The predicted octanol–water partition coefficient (Wildman–Crippen LogP) is 3.75. The van der Waals surface area contributed by atoms with Gasteiger partial charge in [0.2, 0.25) is 0 Å². The zero-order chi connectivity index (χ0) is 12.4. The summed E-state index contributed by atoms with van der Waals surface area (Å²) >= 11 is 12.1. The quantitative estimate of drug-likeness (QED) is 0.832. The summed E-state index contributed by atoms with van der Waals surface area (Å²) in [5.41, 5.74) is 1.41. The van der Waals surface area contributed by atoms with E-state index in [4.69, 9.17) is 33.2 Å². The lowest BCUT2D eigenvalue weighted by Gasteiger charge is -2.10. The lowest BCUT2D eigenvalue weighted by molar-refractivity contribution is 0.372. The number of ether oxygens (including phenoxy) is 1. The van der Waals surface area contributed by atoms with E-state index in [0.717, 1.165) is 11.1 Å². The van der Waals surface area contributed by atoms with Crippen molar-refractivity contribution in [1.29, 1.82) is 5.26 Å². The first-order chi connectivity index (χ1) is 8.13. The van der Waals surface area contributed by atoms with Crippen molar-refractivity contribution in [2.45, 2.75) is 6.92 Å². The van der Waals surface area contributed by atoms with Crippen LogP contribution >= 0.6 is 23.2 Å². The summed E-state index contributed by atoms with van der Waals surface area (Å²) in [6, 6.07) is 7.20. The van der Waals surface area contributed by atoms with E-state index in [1.807, 2.05) is 25.1 Å². The number of nitrogens with zero attached hydrogens (tertiary/aromatic N) is 2. The number of nitriles is 1. The first-order valence-electron chi connectivity index (χ1n) is 4.88. The van der Waals surface area contributed by atoms with Gasteiger partial charge >= 0.3 is 0 Å². The van der Waals surface area contributed by atoms with Crippen LogP contribution in [0.15, 0.2) is 18.2 Å². The van der Waals surface area contributed by atoms with E-state index in [-0.39, 0.29) is 6.61 Å². The number of benzene rings is 1. The van der Waals surface area contributed by atoms with Crippen molar-refractivity contribution >= 4 is 34.1 Å². The molecule has 0 aliphatic heterocycles. The number of fused-ring (bicyclic) bond motifs is 1. The second-order valence-corrected chi connectivity index (χ2v) is 4.28. The minimum atomic E-state index is -0.0773. The van der Waals surface area contributed by atoms with Crippen LogP contribution in [0.1, 0.15) is 5.69 Å². The highest BCUT2D eigenvalue weighted by Gasteiger charge is 2.12. The maximum absolute atomic E-state index is 8.54. The van der Waals surface area contributed by atoms with Gasteiger partial charge in [-0.3, -0.25) is 0 Å². The summed E-state index contributed by atoms with van der Waals surface area (Å²) in [4.78, 5) is 4.35. The molecule has 0 bridgehead atoms. The summed E-state index contributed by atoms with van der Waals surface area (Å²) < 4.78 is 5.30. The Kier molecular flexibility index (Phi) is 3.37. The van der Waals surface area contributed by atoms with Crippen LogP contribution in [-0.2, 0) is 0 Å². The predicted molar refractivity (Wildman–Crippen MR) is 67.6 cm³/mol. The highest BCUT2D eigenvalue weighted by Crippen LogP contribution is 2.37. The Balaban J connectivity index is 2.72. The van der Waals surface area contributed by atoms with Crippen molar-refractivity contribution in [2.75, 3.05) is 6.61 Å². The van der Waals surface area contributed by atoms with E-state index < -0.39 is 0 Å². The number of rotatable bonds is 2. The highest BCUT2D eigenvalue weighted by atomic mass is 35.5. The molecular formula is C12H8Cl2N2O. The molecule has 2 rings (SSSR count). The van der Waals surface area contributed by atoms with Gasteiger partial charge in [0.25, 0.3) is 0 Å². The molecule has 0 spiro atoms. The van der Waals surface area contributed by atoms with Crippen LogP contribution in [-0.4, -0.2) is 11.6 Å². The number of aromatic nitrogens is 1. The smallest absolute Gasteiger partial charge is 0.174 e. The summed E-state index contributed by atoms with van der Waals surface area (Å²) in [7, 11) is 0. The van der Waals surface area contributed by atoms with Gasteiger partial charge in [0.1, 0.15) is 11.6 Å². The zero-order valence-corrected chi connectivity index (χ0v) is 10.5. The van der Waals surface area contributed by atoms with Crippen molar-refractivity contribution in [3.63, 3.8) is 0 Å².